The summed E-state index contributed by atoms with van der Waals surface area (Å²) >= 11 is 0. The van der Waals surface area contributed by atoms with Gasteiger partial charge in [-0.3, -0.25) is 9.59 Å². The molecule has 24 heavy (non-hydrogen) atoms. The van der Waals surface area contributed by atoms with Gasteiger partial charge in [-0.05, 0) is 37.5 Å². The summed E-state index contributed by atoms with van der Waals surface area (Å²) in [6, 6.07) is 7.09. The number of ether oxygens (including phenoxy) is 1. The molecule has 0 unspecified atom stereocenters. The van der Waals surface area contributed by atoms with Gasteiger partial charge in [0.15, 0.2) is 0 Å². The predicted molar refractivity (Wildman–Crippen MR) is 95.8 cm³/mol. The minimum Gasteiger partial charge on any atom is -0.497 e. The smallest absolute Gasteiger partial charge is 0.242 e. The monoisotopic (exact) mass is 334 g/mol. The lowest BCUT2D eigenvalue weighted by molar-refractivity contribution is -0.140. The first kappa shape index (κ1) is 20.0. The maximum Gasteiger partial charge on any atom is 0.242 e. The first-order valence-corrected chi connectivity index (χ1v) is 8.73. The van der Waals surface area contributed by atoms with Crippen molar-refractivity contribution in [1.29, 1.82) is 0 Å². The lowest BCUT2D eigenvalue weighted by Crippen LogP contribution is -2.47. The third-order valence-corrected chi connectivity index (χ3v) is 3.97. The number of carbonyl (C=O) groups excluding carboxylic acids is 2. The third kappa shape index (κ3) is 6.22. The molecule has 0 heterocycles. The highest BCUT2D eigenvalue weighted by atomic mass is 16.5. The van der Waals surface area contributed by atoms with Crippen LogP contribution in [0.5, 0.6) is 5.75 Å². The third-order valence-electron chi connectivity index (χ3n) is 3.97. The molecule has 0 spiro atoms. The zero-order valence-corrected chi connectivity index (χ0v) is 15.3. The van der Waals surface area contributed by atoms with Crippen LogP contribution in [0.15, 0.2) is 24.3 Å². The summed E-state index contributed by atoms with van der Waals surface area (Å²) in [5, 5.41) is 2.91. The first-order chi connectivity index (χ1) is 11.5. The molecule has 0 aromatic heterocycles. The number of rotatable bonds is 10. The summed E-state index contributed by atoms with van der Waals surface area (Å²) in [6.45, 7) is 6.91. The average molecular weight is 334 g/mol. The molecular formula is C19H30N2O3. The number of hydrogen-bond donors (Lipinski definition) is 1. The molecule has 1 aromatic rings. The van der Waals surface area contributed by atoms with Crippen molar-refractivity contribution < 1.29 is 14.3 Å². The van der Waals surface area contributed by atoms with Crippen LogP contribution in [0, 0.1) is 0 Å². The molecule has 0 aliphatic carbocycles. The van der Waals surface area contributed by atoms with Crippen molar-refractivity contribution in [2.24, 2.45) is 0 Å². The number of hydrogen-bond acceptors (Lipinski definition) is 3. The highest BCUT2D eigenvalue weighted by Gasteiger charge is 2.25. The fourth-order valence-corrected chi connectivity index (χ4v) is 2.40. The maximum absolute atomic E-state index is 12.5. The number of nitrogens with one attached hydrogen (secondary N) is 1. The maximum atomic E-state index is 12.5. The van der Waals surface area contributed by atoms with Gasteiger partial charge < -0.3 is 15.0 Å². The molecule has 0 saturated heterocycles. The molecule has 5 heteroatoms. The van der Waals surface area contributed by atoms with E-state index in [-0.39, 0.29) is 11.8 Å². The van der Waals surface area contributed by atoms with Crippen molar-refractivity contribution in [2.75, 3.05) is 13.7 Å². The Bertz CT molecular complexity index is 514. The fourth-order valence-electron chi connectivity index (χ4n) is 2.40. The Morgan fingerprint density at radius 3 is 2.38 bits per heavy atom. The number of nitrogens with zero attached hydrogens (tertiary/aromatic N) is 1. The Kier molecular flexibility index (Phi) is 8.90. The zero-order chi connectivity index (χ0) is 17.9. The van der Waals surface area contributed by atoms with Crippen LogP contribution in [-0.2, 0) is 16.1 Å². The molecule has 1 N–H and O–H groups in total. The van der Waals surface area contributed by atoms with Gasteiger partial charge in [-0.1, -0.05) is 32.4 Å². The highest BCUT2D eigenvalue weighted by molar-refractivity contribution is 5.87. The van der Waals surface area contributed by atoms with E-state index in [1.54, 1.807) is 18.9 Å². The number of carbonyl (C=O) groups is 2. The van der Waals surface area contributed by atoms with E-state index in [0.717, 1.165) is 30.6 Å². The van der Waals surface area contributed by atoms with Gasteiger partial charge in [-0.25, -0.2) is 0 Å². The molecular weight excluding hydrogens is 304 g/mol. The van der Waals surface area contributed by atoms with Crippen LogP contribution >= 0.6 is 0 Å². The molecule has 5 nitrogen and oxygen atoms in total. The second kappa shape index (κ2) is 10.7. The van der Waals surface area contributed by atoms with Gasteiger partial charge in [-0.15, -0.1) is 0 Å². The Morgan fingerprint density at radius 1 is 1.17 bits per heavy atom. The minimum atomic E-state index is -0.483. The zero-order valence-electron chi connectivity index (χ0n) is 15.3. The normalized spacial score (nSPS) is 11.7. The summed E-state index contributed by atoms with van der Waals surface area (Å²) < 4.78 is 5.16. The lowest BCUT2D eigenvalue weighted by atomic mass is 10.1. The van der Waals surface area contributed by atoms with E-state index in [1.165, 1.54) is 0 Å². The van der Waals surface area contributed by atoms with Crippen molar-refractivity contribution >= 4 is 11.8 Å². The molecule has 1 rings (SSSR count). The molecule has 0 saturated carbocycles. The number of amides is 2. The summed E-state index contributed by atoms with van der Waals surface area (Å²) in [4.78, 5) is 26.5. The van der Waals surface area contributed by atoms with Crippen molar-refractivity contribution in [1.82, 2.24) is 10.2 Å². The van der Waals surface area contributed by atoms with Crippen LogP contribution in [0.2, 0.25) is 0 Å². The second-order valence-corrected chi connectivity index (χ2v) is 5.94. The van der Waals surface area contributed by atoms with Crippen molar-refractivity contribution in [2.45, 2.75) is 59.0 Å². The summed E-state index contributed by atoms with van der Waals surface area (Å²) in [5.41, 5.74) is 0.980. The van der Waals surface area contributed by atoms with Crippen LogP contribution in [0.4, 0.5) is 0 Å². The van der Waals surface area contributed by atoms with Crippen LogP contribution < -0.4 is 10.1 Å². The lowest BCUT2D eigenvalue weighted by Gasteiger charge is -2.29. The predicted octanol–water partition coefficient (Wildman–Crippen LogP) is 3.13. The van der Waals surface area contributed by atoms with E-state index >= 15 is 0 Å². The summed E-state index contributed by atoms with van der Waals surface area (Å²) in [7, 11) is 1.62. The SMILES string of the molecule is CCCCNC(=O)[C@@H](C)N(Cc1ccc(OC)cc1)C(=O)CCC. The van der Waals surface area contributed by atoms with Crippen LogP contribution in [0.1, 0.15) is 52.0 Å². The van der Waals surface area contributed by atoms with E-state index in [2.05, 4.69) is 12.2 Å². The molecule has 0 aliphatic rings. The molecule has 0 aliphatic heterocycles. The van der Waals surface area contributed by atoms with Gasteiger partial charge in [0.05, 0.1) is 7.11 Å². The van der Waals surface area contributed by atoms with Crippen LogP contribution in [0.25, 0.3) is 0 Å². The summed E-state index contributed by atoms with van der Waals surface area (Å²) in [5.74, 6) is 0.684. The van der Waals surface area contributed by atoms with E-state index in [0.29, 0.717) is 19.5 Å². The Balaban J connectivity index is 2.81. The minimum absolute atomic E-state index is 0.00598. The molecule has 1 aromatic carbocycles. The van der Waals surface area contributed by atoms with Crippen molar-refractivity contribution in [3.63, 3.8) is 0 Å². The van der Waals surface area contributed by atoms with Gasteiger partial charge in [-0.2, -0.15) is 0 Å². The average Bonchev–Trinajstić information content (AvgIpc) is 2.59. The van der Waals surface area contributed by atoms with Gasteiger partial charge in [0.2, 0.25) is 11.8 Å². The number of unbranched alkanes of at least 4 members (excludes halogenated alkanes) is 1. The van der Waals surface area contributed by atoms with Crippen LogP contribution in [0.3, 0.4) is 0 Å². The number of benzene rings is 1. The van der Waals surface area contributed by atoms with Gasteiger partial charge in [0, 0.05) is 19.5 Å². The molecule has 2 amide bonds. The standard InChI is InChI=1S/C19H30N2O3/c1-5-7-13-20-19(23)15(3)21(18(22)8-6-2)14-16-9-11-17(24-4)12-10-16/h9-12,15H,5-8,13-14H2,1-4H3,(H,20,23)/t15-/m1/s1. The van der Waals surface area contributed by atoms with Crippen LogP contribution in [-0.4, -0.2) is 36.4 Å². The van der Waals surface area contributed by atoms with E-state index < -0.39 is 6.04 Å². The van der Waals surface area contributed by atoms with Gasteiger partial charge in [0.25, 0.3) is 0 Å². The molecule has 0 bridgehead atoms. The molecule has 1 atom stereocenters. The molecule has 134 valence electrons. The van der Waals surface area contributed by atoms with Crippen molar-refractivity contribution in [3.05, 3.63) is 29.8 Å². The Labute approximate surface area is 145 Å². The quantitative estimate of drug-likeness (QED) is 0.669. The van der Waals surface area contributed by atoms with E-state index in [4.69, 9.17) is 4.74 Å². The van der Waals surface area contributed by atoms with E-state index in [1.807, 2.05) is 31.2 Å². The Morgan fingerprint density at radius 2 is 1.83 bits per heavy atom. The van der Waals surface area contributed by atoms with E-state index in [9.17, 15) is 9.59 Å². The van der Waals surface area contributed by atoms with Crippen molar-refractivity contribution in [3.8, 4) is 5.75 Å². The van der Waals surface area contributed by atoms with Gasteiger partial charge >= 0.3 is 0 Å². The molecule has 0 radical (unpaired) electrons. The molecule has 0 fully saturated rings. The topological polar surface area (TPSA) is 58.6 Å². The summed E-state index contributed by atoms with van der Waals surface area (Å²) in [6.07, 6.45) is 3.18. The largest absolute Gasteiger partial charge is 0.497 e. The number of methoxy groups -OCH3 is 1. The first-order valence-electron chi connectivity index (χ1n) is 8.73. The Hall–Kier alpha value is -2.04. The fraction of sp³-hybridized carbons (Fsp3) is 0.579. The highest BCUT2D eigenvalue weighted by Crippen LogP contribution is 2.15. The second-order valence-electron chi connectivity index (χ2n) is 5.94. The van der Waals surface area contributed by atoms with Gasteiger partial charge in [0.1, 0.15) is 11.8 Å².